The van der Waals surface area contributed by atoms with Crippen LogP contribution in [0.15, 0.2) is 46.9 Å². The topological polar surface area (TPSA) is 53.2 Å². The number of rotatable bonds is 4. The highest BCUT2D eigenvalue weighted by Crippen LogP contribution is 2.30. The zero-order valence-corrected chi connectivity index (χ0v) is 11.7. The van der Waals surface area contributed by atoms with Crippen LogP contribution in [-0.4, -0.2) is 11.7 Å². The van der Waals surface area contributed by atoms with Gasteiger partial charge in [-0.15, -0.1) is 0 Å². The van der Waals surface area contributed by atoms with Gasteiger partial charge in [-0.1, -0.05) is 18.2 Å². The van der Waals surface area contributed by atoms with Gasteiger partial charge in [0.2, 0.25) is 0 Å². The quantitative estimate of drug-likeness (QED) is 0.936. The highest BCUT2D eigenvalue weighted by Gasteiger charge is 2.08. The summed E-state index contributed by atoms with van der Waals surface area (Å²) < 4.78 is 6.41. The smallest absolute Gasteiger partial charge is 0.146 e. The molecule has 2 aromatic carbocycles. The maximum absolute atomic E-state index is 9.10. The number of ether oxygens (including phenoxy) is 1. The fourth-order valence-corrected chi connectivity index (χ4v) is 2.11. The molecule has 0 saturated carbocycles. The van der Waals surface area contributed by atoms with E-state index in [1.165, 1.54) is 0 Å². The van der Waals surface area contributed by atoms with Crippen molar-refractivity contribution in [1.29, 1.82) is 5.26 Å². The molecule has 0 saturated heterocycles. The van der Waals surface area contributed by atoms with Gasteiger partial charge in [-0.25, -0.2) is 0 Å². The number of nitrogens with zero attached hydrogens (tertiary/aromatic N) is 1. The Morgan fingerprint density at radius 1 is 1.16 bits per heavy atom. The Bertz CT molecular complexity index is 603. The molecule has 0 bridgehead atoms. The molecule has 0 spiro atoms. The summed E-state index contributed by atoms with van der Waals surface area (Å²) in [5, 5.41) is 18.0. The molecule has 4 heteroatoms. The van der Waals surface area contributed by atoms with Crippen molar-refractivity contribution in [3.05, 3.63) is 58.1 Å². The van der Waals surface area contributed by atoms with Crippen LogP contribution in [0.3, 0.4) is 0 Å². The van der Waals surface area contributed by atoms with Gasteiger partial charge in [0, 0.05) is 11.1 Å². The molecule has 0 radical (unpaired) electrons. The van der Waals surface area contributed by atoms with E-state index in [4.69, 9.17) is 15.1 Å². The van der Waals surface area contributed by atoms with E-state index >= 15 is 0 Å². The first-order valence-corrected chi connectivity index (χ1v) is 6.60. The second-order valence-electron chi connectivity index (χ2n) is 3.94. The molecule has 0 amide bonds. The van der Waals surface area contributed by atoms with Crippen molar-refractivity contribution in [2.24, 2.45) is 0 Å². The van der Waals surface area contributed by atoms with Crippen LogP contribution in [0.4, 0.5) is 0 Å². The molecule has 0 aliphatic heterocycles. The molecule has 2 rings (SSSR count). The van der Waals surface area contributed by atoms with E-state index in [2.05, 4.69) is 22.0 Å². The van der Waals surface area contributed by atoms with E-state index in [0.717, 1.165) is 5.56 Å². The number of nitriles is 1. The number of hydrogen-bond acceptors (Lipinski definition) is 3. The summed E-state index contributed by atoms with van der Waals surface area (Å²) in [5.74, 6) is 1.18. The number of benzene rings is 2. The summed E-state index contributed by atoms with van der Waals surface area (Å²) in [6, 6.07) is 14.9. The van der Waals surface area contributed by atoms with Crippen LogP contribution in [0.1, 0.15) is 11.1 Å². The van der Waals surface area contributed by atoms with Crippen LogP contribution in [0, 0.1) is 11.3 Å². The summed E-state index contributed by atoms with van der Waals surface area (Å²) in [7, 11) is 0. The van der Waals surface area contributed by atoms with E-state index < -0.39 is 0 Å². The van der Waals surface area contributed by atoms with E-state index in [9.17, 15) is 0 Å². The predicted molar refractivity (Wildman–Crippen MR) is 76.2 cm³/mol. The third-order valence-corrected chi connectivity index (χ3v) is 3.30. The van der Waals surface area contributed by atoms with Gasteiger partial charge < -0.3 is 9.84 Å². The highest BCUT2D eigenvalue weighted by atomic mass is 79.9. The Morgan fingerprint density at radius 2 is 1.89 bits per heavy atom. The van der Waals surface area contributed by atoms with Crippen LogP contribution < -0.4 is 4.74 Å². The first kappa shape index (κ1) is 13.6. The molecule has 0 unspecified atom stereocenters. The van der Waals surface area contributed by atoms with Gasteiger partial charge in [0.1, 0.15) is 23.1 Å². The lowest BCUT2D eigenvalue weighted by atomic mass is 10.1. The SMILES string of the molecule is N#Cc1c(Br)cccc1Oc1ccc(CCO)cc1. The third kappa shape index (κ3) is 3.34. The predicted octanol–water partition coefficient (Wildman–Crippen LogP) is 3.65. The summed E-state index contributed by atoms with van der Waals surface area (Å²) in [6.45, 7) is 0.129. The zero-order chi connectivity index (χ0) is 13.7. The van der Waals surface area contributed by atoms with Crippen molar-refractivity contribution in [2.45, 2.75) is 6.42 Å². The lowest BCUT2D eigenvalue weighted by molar-refractivity contribution is 0.299. The molecule has 0 aliphatic carbocycles. The molecule has 19 heavy (non-hydrogen) atoms. The van der Waals surface area contributed by atoms with Crippen molar-refractivity contribution < 1.29 is 9.84 Å². The minimum Gasteiger partial charge on any atom is -0.456 e. The largest absolute Gasteiger partial charge is 0.456 e. The first-order valence-electron chi connectivity index (χ1n) is 5.81. The Hall–Kier alpha value is -1.83. The number of halogens is 1. The average Bonchev–Trinajstić information content (AvgIpc) is 2.42. The fraction of sp³-hybridized carbons (Fsp3) is 0.133. The molecular formula is C15H12BrNO2. The average molecular weight is 318 g/mol. The van der Waals surface area contributed by atoms with Crippen LogP contribution >= 0.6 is 15.9 Å². The van der Waals surface area contributed by atoms with Crippen LogP contribution in [-0.2, 0) is 6.42 Å². The zero-order valence-electron chi connectivity index (χ0n) is 10.1. The summed E-state index contributed by atoms with van der Waals surface area (Å²) in [6.07, 6.45) is 0.626. The van der Waals surface area contributed by atoms with Crippen molar-refractivity contribution in [1.82, 2.24) is 0 Å². The molecule has 0 aliphatic rings. The van der Waals surface area contributed by atoms with Gasteiger partial charge in [-0.2, -0.15) is 5.26 Å². The summed E-state index contributed by atoms with van der Waals surface area (Å²) in [4.78, 5) is 0. The molecule has 96 valence electrons. The Morgan fingerprint density at radius 3 is 2.53 bits per heavy atom. The number of hydrogen-bond donors (Lipinski definition) is 1. The molecule has 0 atom stereocenters. The number of aliphatic hydroxyl groups excluding tert-OH is 1. The van der Waals surface area contributed by atoms with Crippen molar-refractivity contribution in [3.8, 4) is 17.6 Å². The van der Waals surface area contributed by atoms with Gasteiger partial charge in [0.25, 0.3) is 0 Å². The monoisotopic (exact) mass is 317 g/mol. The van der Waals surface area contributed by atoms with Gasteiger partial charge in [0.15, 0.2) is 0 Å². The van der Waals surface area contributed by atoms with Crippen LogP contribution in [0.2, 0.25) is 0 Å². The van der Waals surface area contributed by atoms with Crippen molar-refractivity contribution in [2.75, 3.05) is 6.61 Å². The lowest BCUT2D eigenvalue weighted by Crippen LogP contribution is -1.92. The molecule has 0 aromatic heterocycles. The van der Waals surface area contributed by atoms with E-state index in [1.807, 2.05) is 30.3 Å². The summed E-state index contributed by atoms with van der Waals surface area (Å²) >= 11 is 3.32. The second-order valence-corrected chi connectivity index (χ2v) is 4.80. The standard InChI is InChI=1S/C15H12BrNO2/c16-14-2-1-3-15(13(14)10-17)19-12-6-4-11(5-7-12)8-9-18/h1-7,18H,8-9H2. The molecular weight excluding hydrogens is 306 g/mol. The molecule has 3 nitrogen and oxygen atoms in total. The molecule has 0 heterocycles. The lowest BCUT2D eigenvalue weighted by Gasteiger charge is -2.08. The molecule has 1 N–H and O–H groups in total. The van der Waals surface area contributed by atoms with Crippen LogP contribution in [0.25, 0.3) is 0 Å². The van der Waals surface area contributed by atoms with Crippen molar-refractivity contribution >= 4 is 15.9 Å². The minimum absolute atomic E-state index is 0.129. The molecule has 2 aromatic rings. The highest BCUT2D eigenvalue weighted by molar-refractivity contribution is 9.10. The van der Waals surface area contributed by atoms with Crippen molar-refractivity contribution in [3.63, 3.8) is 0 Å². The fourth-order valence-electron chi connectivity index (χ4n) is 1.68. The third-order valence-electron chi connectivity index (χ3n) is 2.64. The summed E-state index contributed by atoms with van der Waals surface area (Å²) in [5.41, 5.74) is 1.52. The maximum Gasteiger partial charge on any atom is 0.146 e. The second kappa shape index (κ2) is 6.37. The van der Waals surface area contributed by atoms with Crippen LogP contribution in [0.5, 0.6) is 11.5 Å². The minimum atomic E-state index is 0.129. The molecule has 0 fully saturated rings. The Labute approximate surface area is 120 Å². The van der Waals surface area contributed by atoms with Gasteiger partial charge >= 0.3 is 0 Å². The first-order chi connectivity index (χ1) is 9.24. The normalized spacial score (nSPS) is 9.95. The maximum atomic E-state index is 9.10. The Balaban J connectivity index is 2.22. The number of aliphatic hydroxyl groups is 1. The van der Waals surface area contributed by atoms with Gasteiger partial charge in [-0.3, -0.25) is 0 Å². The van der Waals surface area contributed by atoms with E-state index in [1.54, 1.807) is 12.1 Å². The van der Waals surface area contributed by atoms with Gasteiger partial charge in [-0.05, 0) is 52.2 Å². The van der Waals surface area contributed by atoms with E-state index in [-0.39, 0.29) is 6.61 Å². The Kier molecular flexibility index (Phi) is 4.56. The van der Waals surface area contributed by atoms with E-state index in [0.29, 0.717) is 28.0 Å². The van der Waals surface area contributed by atoms with Gasteiger partial charge in [0.05, 0.1) is 0 Å².